The first-order valence-electron chi connectivity index (χ1n) is 6.19. The quantitative estimate of drug-likeness (QED) is 0.466. The van der Waals surface area contributed by atoms with E-state index in [1.165, 1.54) is 0 Å². The minimum absolute atomic E-state index is 0.0661. The van der Waals surface area contributed by atoms with E-state index < -0.39 is 11.4 Å². The van der Waals surface area contributed by atoms with Crippen LogP contribution in [0, 0.1) is 0 Å². The molecule has 0 atom stereocenters. The van der Waals surface area contributed by atoms with E-state index in [1.54, 1.807) is 0 Å². The molecule has 2 heterocycles. The lowest BCUT2D eigenvalue weighted by molar-refractivity contribution is 0.264. The van der Waals surface area contributed by atoms with Crippen molar-refractivity contribution in [2.24, 2.45) is 0 Å². The van der Waals surface area contributed by atoms with Crippen LogP contribution in [0.4, 0.5) is 0 Å². The third-order valence-corrected chi connectivity index (χ3v) is 3.00. The number of aromatic nitrogens is 4. The van der Waals surface area contributed by atoms with E-state index in [2.05, 4.69) is 0 Å². The Morgan fingerprint density at radius 2 is 1.19 bits per heavy atom. The molecule has 0 aliphatic carbocycles. The van der Waals surface area contributed by atoms with Crippen molar-refractivity contribution in [2.45, 2.75) is 19.8 Å². The monoisotopic (exact) mass is 300 g/mol. The highest BCUT2D eigenvalue weighted by Crippen LogP contribution is 2.08. The molecule has 0 aliphatic rings. The van der Waals surface area contributed by atoms with Gasteiger partial charge in [-0.1, -0.05) is 0 Å². The largest absolute Gasteiger partial charge is 0.493 e. The van der Waals surface area contributed by atoms with Crippen LogP contribution in [0.2, 0.25) is 0 Å². The fourth-order valence-electron chi connectivity index (χ4n) is 2.02. The fraction of sp³-hybridized carbons (Fsp3) is 0.455. The van der Waals surface area contributed by atoms with Crippen LogP contribution >= 0.6 is 0 Å². The van der Waals surface area contributed by atoms with Crippen molar-refractivity contribution < 1.29 is 20.4 Å². The first-order valence-corrected chi connectivity index (χ1v) is 6.19. The smallest absolute Gasteiger partial charge is 0.332 e. The first-order chi connectivity index (χ1) is 9.99. The zero-order valence-corrected chi connectivity index (χ0v) is 11.1. The highest BCUT2D eigenvalue weighted by atomic mass is 16.3. The van der Waals surface area contributed by atoms with Crippen LogP contribution in [0.1, 0.15) is 0 Å². The molecule has 0 amide bonds. The Kier molecular flexibility index (Phi) is 4.19. The van der Waals surface area contributed by atoms with Crippen LogP contribution in [0.3, 0.4) is 0 Å². The van der Waals surface area contributed by atoms with E-state index in [1.807, 2.05) is 0 Å². The van der Waals surface area contributed by atoms with Crippen molar-refractivity contribution in [3.05, 3.63) is 33.4 Å². The maximum absolute atomic E-state index is 11.9. The summed E-state index contributed by atoms with van der Waals surface area (Å²) in [6.45, 7) is -0.974. The second-order valence-corrected chi connectivity index (χ2v) is 4.37. The topological polar surface area (TPSA) is 135 Å². The van der Waals surface area contributed by atoms with Gasteiger partial charge in [-0.05, 0) is 0 Å². The summed E-state index contributed by atoms with van der Waals surface area (Å²) in [6.07, 6.45) is 2.26. The molecule has 2 rings (SSSR count). The van der Waals surface area contributed by atoms with Crippen molar-refractivity contribution >= 4 is 0 Å². The molecule has 2 aromatic rings. The molecule has 10 nitrogen and oxygen atoms in total. The van der Waals surface area contributed by atoms with Gasteiger partial charge in [0.15, 0.2) is 0 Å². The van der Waals surface area contributed by atoms with Gasteiger partial charge in [0.25, 0.3) is 0 Å². The summed E-state index contributed by atoms with van der Waals surface area (Å²) in [5.74, 6) is -0.665. The Morgan fingerprint density at radius 3 is 1.52 bits per heavy atom. The third-order valence-electron chi connectivity index (χ3n) is 3.00. The zero-order valence-electron chi connectivity index (χ0n) is 11.1. The van der Waals surface area contributed by atoms with E-state index in [4.69, 9.17) is 10.2 Å². The molecule has 10 heteroatoms. The van der Waals surface area contributed by atoms with Crippen LogP contribution in [-0.4, -0.2) is 51.9 Å². The van der Waals surface area contributed by atoms with Crippen LogP contribution in [0.5, 0.6) is 11.8 Å². The van der Waals surface area contributed by atoms with Crippen LogP contribution < -0.4 is 11.4 Å². The van der Waals surface area contributed by atoms with Gasteiger partial charge in [-0.15, -0.1) is 0 Å². The maximum atomic E-state index is 11.9. The summed E-state index contributed by atoms with van der Waals surface area (Å²) in [7, 11) is 0. The summed E-state index contributed by atoms with van der Waals surface area (Å²) in [5.41, 5.74) is -1.19. The predicted octanol–water partition coefficient (Wildman–Crippen LogP) is -2.49. The fourth-order valence-corrected chi connectivity index (χ4v) is 2.02. The van der Waals surface area contributed by atoms with Gasteiger partial charge in [0.1, 0.15) is 6.67 Å². The number of aliphatic hydroxyl groups is 2. The summed E-state index contributed by atoms with van der Waals surface area (Å²) >= 11 is 0. The van der Waals surface area contributed by atoms with Crippen molar-refractivity contribution in [1.82, 2.24) is 18.3 Å². The standard InChI is InChI=1S/C11H16N4O6/c16-3-1-14-8(18)5-12(10(14)20)7-13-6-9(19)15(2-4-17)11(13)21/h5-6,16-19H,1-4,7H2. The second-order valence-electron chi connectivity index (χ2n) is 4.37. The minimum Gasteiger partial charge on any atom is -0.493 e. The summed E-state index contributed by atoms with van der Waals surface area (Å²) < 4.78 is 4.04. The molecule has 21 heavy (non-hydrogen) atoms. The minimum atomic E-state index is -0.595. The Morgan fingerprint density at radius 1 is 0.810 bits per heavy atom. The van der Waals surface area contributed by atoms with Gasteiger partial charge in [0.2, 0.25) is 11.8 Å². The molecule has 0 saturated carbocycles. The Balaban J connectivity index is 2.35. The lowest BCUT2D eigenvalue weighted by Crippen LogP contribution is -2.32. The van der Waals surface area contributed by atoms with Crippen molar-refractivity contribution in [1.29, 1.82) is 0 Å². The van der Waals surface area contributed by atoms with Gasteiger partial charge < -0.3 is 20.4 Å². The van der Waals surface area contributed by atoms with E-state index in [0.29, 0.717) is 0 Å². The van der Waals surface area contributed by atoms with E-state index in [0.717, 1.165) is 30.7 Å². The Hall–Kier alpha value is -2.46. The SMILES string of the molecule is O=c1n(Cn2cc(O)n(CCO)c2=O)cc(O)n1CCO. The molecule has 0 unspecified atom stereocenters. The summed E-state index contributed by atoms with van der Waals surface area (Å²) in [4.78, 5) is 23.9. The molecule has 0 radical (unpaired) electrons. The number of aliphatic hydroxyl groups excluding tert-OH is 2. The predicted molar refractivity (Wildman–Crippen MR) is 70.3 cm³/mol. The number of rotatable bonds is 6. The normalized spacial score (nSPS) is 11.1. The maximum Gasteiger partial charge on any atom is 0.332 e. The molecule has 4 N–H and O–H groups in total. The average Bonchev–Trinajstić information content (AvgIpc) is 2.85. The van der Waals surface area contributed by atoms with E-state index >= 15 is 0 Å². The zero-order chi connectivity index (χ0) is 15.6. The third kappa shape index (κ3) is 2.71. The number of hydrogen-bond acceptors (Lipinski definition) is 6. The van der Waals surface area contributed by atoms with Gasteiger partial charge in [-0.3, -0.25) is 18.3 Å². The molecule has 0 aromatic carbocycles. The van der Waals surface area contributed by atoms with Crippen LogP contribution in [0.25, 0.3) is 0 Å². The summed E-state index contributed by atoms with van der Waals surface area (Å²) in [6, 6.07) is 0. The molecule has 116 valence electrons. The van der Waals surface area contributed by atoms with E-state index in [-0.39, 0.29) is 44.7 Å². The van der Waals surface area contributed by atoms with Gasteiger partial charge in [0.05, 0.1) is 38.7 Å². The lowest BCUT2D eigenvalue weighted by atomic mass is 10.6. The number of imidazole rings is 2. The molecule has 0 fully saturated rings. The number of aromatic hydroxyl groups is 2. The van der Waals surface area contributed by atoms with Crippen LogP contribution in [-0.2, 0) is 19.8 Å². The first kappa shape index (κ1) is 14.9. The van der Waals surface area contributed by atoms with Crippen molar-refractivity contribution in [2.75, 3.05) is 13.2 Å². The molecule has 0 aliphatic heterocycles. The Bertz CT molecular complexity index is 675. The molecule has 0 saturated heterocycles. The van der Waals surface area contributed by atoms with E-state index in [9.17, 15) is 19.8 Å². The van der Waals surface area contributed by atoms with Gasteiger partial charge in [0, 0.05) is 0 Å². The lowest BCUT2D eigenvalue weighted by Gasteiger charge is -2.01. The number of nitrogens with zero attached hydrogens (tertiary/aromatic N) is 4. The molecule has 2 aromatic heterocycles. The highest BCUT2D eigenvalue weighted by molar-refractivity contribution is 5.08. The molecular weight excluding hydrogens is 284 g/mol. The van der Waals surface area contributed by atoms with Gasteiger partial charge in [-0.25, -0.2) is 9.59 Å². The van der Waals surface area contributed by atoms with Crippen molar-refractivity contribution in [3.8, 4) is 11.8 Å². The van der Waals surface area contributed by atoms with Crippen molar-refractivity contribution in [3.63, 3.8) is 0 Å². The molecular formula is C11H16N4O6. The van der Waals surface area contributed by atoms with Gasteiger partial charge in [-0.2, -0.15) is 0 Å². The Labute approximate surface area is 118 Å². The van der Waals surface area contributed by atoms with Gasteiger partial charge >= 0.3 is 11.4 Å². The molecule has 0 bridgehead atoms. The highest BCUT2D eigenvalue weighted by Gasteiger charge is 2.14. The van der Waals surface area contributed by atoms with Crippen LogP contribution in [0.15, 0.2) is 22.0 Å². The number of hydrogen-bond donors (Lipinski definition) is 4. The summed E-state index contributed by atoms with van der Waals surface area (Å²) in [5, 5.41) is 36.8. The molecule has 0 spiro atoms. The average molecular weight is 300 g/mol. The second kappa shape index (κ2) is 5.89.